The van der Waals surface area contributed by atoms with Crippen molar-refractivity contribution in [2.75, 3.05) is 4.90 Å². The summed E-state index contributed by atoms with van der Waals surface area (Å²) in [6, 6.07) is 84.7. The summed E-state index contributed by atoms with van der Waals surface area (Å²) < 4.78 is 0. The fourth-order valence-electron chi connectivity index (χ4n) is 9.79. The number of hydrogen-bond donors (Lipinski definition) is 0. The van der Waals surface area contributed by atoms with Crippen LogP contribution in [0.3, 0.4) is 0 Å². The lowest BCUT2D eigenvalue weighted by atomic mass is 9.74. The number of fused-ring (bicyclic) bond motifs is 5. The minimum atomic E-state index is -0.343. The molecule has 0 radical (unpaired) electrons. The summed E-state index contributed by atoms with van der Waals surface area (Å²) in [7, 11) is 0. The Morgan fingerprint density at radius 1 is 0.339 bits per heavy atom. The van der Waals surface area contributed by atoms with Crippen LogP contribution < -0.4 is 4.90 Å². The van der Waals surface area contributed by atoms with Crippen LogP contribution in [-0.2, 0) is 5.41 Å². The molecule has 0 fully saturated rings. The molecule has 0 heterocycles. The molecule has 10 aromatic rings. The Morgan fingerprint density at radius 2 is 0.847 bits per heavy atom. The van der Waals surface area contributed by atoms with E-state index in [9.17, 15) is 0 Å². The summed E-state index contributed by atoms with van der Waals surface area (Å²) in [6.45, 7) is 2.40. The van der Waals surface area contributed by atoms with E-state index in [1.807, 2.05) is 0 Å². The van der Waals surface area contributed by atoms with E-state index in [-0.39, 0.29) is 5.41 Å². The first kappa shape index (κ1) is 34.7. The van der Waals surface area contributed by atoms with Crippen LogP contribution in [0.5, 0.6) is 0 Å². The van der Waals surface area contributed by atoms with Crippen LogP contribution >= 0.6 is 0 Å². The molecule has 0 amide bonds. The van der Waals surface area contributed by atoms with E-state index in [2.05, 4.69) is 242 Å². The van der Waals surface area contributed by atoms with E-state index in [1.165, 1.54) is 82.7 Å². The Bertz CT molecular complexity index is 3170. The van der Waals surface area contributed by atoms with Gasteiger partial charge in [-0.25, -0.2) is 0 Å². The Labute approximate surface area is 346 Å². The van der Waals surface area contributed by atoms with Crippen molar-refractivity contribution in [1.29, 1.82) is 0 Å². The second-order valence-electron chi connectivity index (χ2n) is 15.7. The molecule has 1 aliphatic carbocycles. The van der Waals surface area contributed by atoms with E-state index in [4.69, 9.17) is 0 Å². The second-order valence-corrected chi connectivity index (χ2v) is 15.7. The molecule has 1 aliphatic rings. The zero-order valence-electron chi connectivity index (χ0n) is 32.9. The Hall–Kier alpha value is -7.48. The molecule has 1 nitrogen and oxygen atoms in total. The summed E-state index contributed by atoms with van der Waals surface area (Å²) in [5.41, 5.74) is 16.7. The number of benzene rings is 10. The molecule has 11 rings (SSSR count). The van der Waals surface area contributed by atoms with Crippen molar-refractivity contribution in [2.45, 2.75) is 12.3 Å². The van der Waals surface area contributed by atoms with Crippen LogP contribution in [0.4, 0.5) is 17.1 Å². The van der Waals surface area contributed by atoms with Crippen LogP contribution in [0.25, 0.3) is 66.1 Å². The Kier molecular flexibility index (Phi) is 8.34. The molecule has 1 atom stereocenters. The van der Waals surface area contributed by atoms with Crippen molar-refractivity contribution in [1.82, 2.24) is 0 Å². The van der Waals surface area contributed by atoms with Crippen LogP contribution in [0.2, 0.25) is 0 Å². The smallest absolute Gasteiger partial charge is 0.0540 e. The van der Waals surface area contributed by atoms with Crippen LogP contribution in [0.15, 0.2) is 231 Å². The summed E-state index contributed by atoms with van der Waals surface area (Å²) in [5.74, 6) is 0. The number of rotatable bonds is 7. The number of hydrogen-bond acceptors (Lipinski definition) is 1. The maximum absolute atomic E-state index is 2.52. The predicted octanol–water partition coefficient (Wildman–Crippen LogP) is 15.8. The van der Waals surface area contributed by atoms with Gasteiger partial charge in [0.2, 0.25) is 0 Å². The standard InChI is InChI=1S/C58H41N/c1-58(43-25-6-3-7-26-43)53-34-13-10-28-48(53)49-38-37-44(39-54(49)58)59(55-35-14-11-29-50(55)47-32-16-22-40-21-8-9-27-45(40)47)56-36-15-12-30-51(56)52-33-18-24-42-23-17-31-46(57(42)52)41-19-4-2-5-20-41/h2-39H,1H3. The maximum atomic E-state index is 2.52. The van der Waals surface area contributed by atoms with Gasteiger partial charge >= 0.3 is 0 Å². The SMILES string of the molecule is CC1(c2ccccc2)c2ccccc2-c2ccc(N(c3ccccc3-c3cccc4ccccc34)c3ccccc3-c3cccc4cccc(-c5ccccc5)c34)cc21. The lowest BCUT2D eigenvalue weighted by molar-refractivity contribution is 0.714. The van der Waals surface area contributed by atoms with Crippen molar-refractivity contribution >= 4 is 38.6 Å². The molecular weight excluding hydrogens is 711 g/mol. The van der Waals surface area contributed by atoms with Gasteiger partial charge in [0.05, 0.1) is 11.4 Å². The number of para-hydroxylation sites is 2. The second kappa shape index (κ2) is 14.2. The molecule has 1 unspecified atom stereocenters. The highest BCUT2D eigenvalue weighted by Gasteiger charge is 2.41. The van der Waals surface area contributed by atoms with Gasteiger partial charge in [0.1, 0.15) is 0 Å². The zero-order valence-corrected chi connectivity index (χ0v) is 32.9. The van der Waals surface area contributed by atoms with Gasteiger partial charge in [-0.15, -0.1) is 0 Å². The molecule has 0 aliphatic heterocycles. The summed E-state index contributed by atoms with van der Waals surface area (Å²) in [5, 5.41) is 4.93. The average Bonchev–Trinajstić information content (AvgIpc) is 3.57. The number of nitrogens with zero attached hydrogens (tertiary/aromatic N) is 1. The van der Waals surface area contributed by atoms with Gasteiger partial charge in [-0.3, -0.25) is 0 Å². The van der Waals surface area contributed by atoms with Crippen molar-refractivity contribution in [2.24, 2.45) is 0 Å². The maximum Gasteiger partial charge on any atom is 0.0540 e. The van der Waals surface area contributed by atoms with Crippen molar-refractivity contribution < 1.29 is 0 Å². The monoisotopic (exact) mass is 751 g/mol. The lowest BCUT2D eigenvalue weighted by Crippen LogP contribution is -2.23. The molecule has 10 aromatic carbocycles. The minimum absolute atomic E-state index is 0.343. The van der Waals surface area contributed by atoms with Gasteiger partial charge in [-0.1, -0.05) is 206 Å². The number of anilines is 3. The molecule has 0 aromatic heterocycles. The van der Waals surface area contributed by atoms with E-state index in [0.29, 0.717) is 0 Å². The van der Waals surface area contributed by atoms with Gasteiger partial charge in [0.15, 0.2) is 0 Å². The van der Waals surface area contributed by atoms with Crippen LogP contribution in [-0.4, -0.2) is 0 Å². The van der Waals surface area contributed by atoms with Crippen molar-refractivity contribution in [3.05, 3.63) is 247 Å². The van der Waals surface area contributed by atoms with Crippen LogP contribution in [0.1, 0.15) is 23.6 Å². The fraction of sp³-hybridized carbons (Fsp3) is 0.0345. The molecule has 278 valence electrons. The van der Waals surface area contributed by atoms with Crippen molar-refractivity contribution in [3.63, 3.8) is 0 Å². The van der Waals surface area contributed by atoms with Gasteiger partial charge in [-0.05, 0) is 103 Å². The van der Waals surface area contributed by atoms with Gasteiger partial charge < -0.3 is 4.90 Å². The third-order valence-electron chi connectivity index (χ3n) is 12.6. The quantitative estimate of drug-likeness (QED) is 0.157. The first-order valence-corrected chi connectivity index (χ1v) is 20.5. The highest BCUT2D eigenvalue weighted by Crippen LogP contribution is 2.55. The third kappa shape index (κ3) is 5.62. The topological polar surface area (TPSA) is 3.24 Å². The summed E-state index contributed by atoms with van der Waals surface area (Å²) in [6.07, 6.45) is 0. The van der Waals surface area contributed by atoms with E-state index in [1.54, 1.807) is 0 Å². The lowest BCUT2D eigenvalue weighted by Gasteiger charge is -2.33. The largest absolute Gasteiger partial charge is 0.309 e. The first-order chi connectivity index (χ1) is 29.2. The molecule has 59 heavy (non-hydrogen) atoms. The molecule has 0 saturated carbocycles. The normalized spacial score (nSPS) is 14.3. The highest BCUT2D eigenvalue weighted by atomic mass is 15.1. The molecule has 1 heteroatoms. The minimum Gasteiger partial charge on any atom is -0.309 e. The van der Waals surface area contributed by atoms with Gasteiger partial charge in [0, 0.05) is 22.2 Å². The third-order valence-corrected chi connectivity index (χ3v) is 12.6. The predicted molar refractivity (Wildman–Crippen MR) is 250 cm³/mol. The van der Waals surface area contributed by atoms with Crippen LogP contribution in [0, 0.1) is 0 Å². The van der Waals surface area contributed by atoms with Gasteiger partial charge in [-0.2, -0.15) is 0 Å². The van der Waals surface area contributed by atoms with Gasteiger partial charge in [0.25, 0.3) is 0 Å². The zero-order chi connectivity index (χ0) is 39.3. The molecule has 0 saturated heterocycles. The summed E-state index contributed by atoms with van der Waals surface area (Å²) in [4.78, 5) is 2.52. The molecule has 0 spiro atoms. The Balaban J connectivity index is 1.21. The van der Waals surface area contributed by atoms with E-state index >= 15 is 0 Å². The first-order valence-electron chi connectivity index (χ1n) is 20.5. The fourth-order valence-corrected chi connectivity index (χ4v) is 9.79. The Morgan fingerprint density at radius 3 is 1.59 bits per heavy atom. The van der Waals surface area contributed by atoms with E-state index < -0.39 is 0 Å². The van der Waals surface area contributed by atoms with E-state index in [0.717, 1.165) is 17.1 Å². The molecular formula is C58H41N. The molecule has 0 N–H and O–H groups in total. The van der Waals surface area contributed by atoms with Crippen molar-refractivity contribution in [3.8, 4) is 44.5 Å². The highest BCUT2D eigenvalue weighted by molar-refractivity contribution is 6.10. The molecule has 0 bridgehead atoms. The summed E-state index contributed by atoms with van der Waals surface area (Å²) >= 11 is 0. The average molecular weight is 752 g/mol.